The summed E-state index contributed by atoms with van der Waals surface area (Å²) in [7, 11) is -14.1. The van der Waals surface area contributed by atoms with E-state index in [1.165, 1.54) is 6.08 Å². The molecule has 1 N–H and O–H groups in total. The summed E-state index contributed by atoms with van der Waals surface area (Å²) in [6, 6.07) is 0. The minimum absolute atomic E-state index is 0.169. The van der Waals surface area contributed by atoms with Crippen molar-refractivity contribution < 1.29 is 55.5 Å². The van der Waals surface area contributed by atoms with Gasteiger partial charge >= 0.3 is 37.2 Å². The molecule has 0 aromatic rings. The van der Waals surface area contributed by atoms with Gasteiger partial charge < -0.3 is 4.74 Å². The average molecular weight is 857 g/mol. The van der Waals surface area contributed by atoms with E-state index in [2.05, 4.69) is 9.71 Å². The van der Waals surface area contributed by atoms with E-state index in [0.717, 1.165) is 154 Å². The molecule has 2 bridgehead atoms. The number of allylic oxidation sites excluding steroid dienone is 3. The minimum Gasteiger partial charge on any atom is -0.459 e. The van der Waals surface area contributed by atoms with Crippen LogP contribution in [-0.4, -0.2) is 60.2 Å². The lowest BCUT2D eigenvalue weighted by Crippen LogP contribution is -2.34. The summed E-state index contributed by atoms with van der Waals surface area (Å²) in [5, 5.41) is 0. The Kier molecular flexibility index (Phi) is 27.0. The second-order valence-corrected chi connectivity index (χ2v) is 19.1. The number of cyclic esters (lactones) is 1. The van der Waals surface area contributed by atoms with Gasteiger partial charge in [-0.2, -0.15) is 25.3 Å². The quantitative estimate of drug-likeness (QED) is 0.0896. The van der Waals surface area contributed by atoms with Crippen LogP contribution in [0.2, 0.25) is 0 Å². The van der Waals surface area contributed by atoms with Crippen LogP contribution >= 0.6 is 0 Å². The molecular formula is C40H72O13S3. The van der Waals surface area contributed by atoms with Crippen molar-refractivity contribution in [1.29, 1.82) is 0 Å². The van der Waals surface area contributed by atoms with Gasteiger partial charge in [-0.15, -0.1) is 3.63 Å². The van der Waals surface area contributed by atoms with Crippen molar-refractivity contribution in [1.82, 2.24) is 0 Å². The molecule has 4 atom stereocenters. The van der Waals surface area contributed by atoms with Crippen LogP contribution in [0.4, 0.5) is 0 Å². The molecule has 16 heteroatoms. The number of ether oxygens (including phenoxy) is 1. The molecule has 328 valence electrons. The Balaban J connectivity index is 1.96. The number of hydrogen-bond donors (Lipinski definition) is 1. The highest BCUT2D eigenvalue weighted by atomic mass is 32.3. The molecule has 0 radical (unpaired) electrons. The molecule has 2 aliphatic heterocycles. The van der Waals surface area contributed by atoms with Gasteiger partial charge in [0.1, 0.15) is 6.10 Å². The molecule has 2 aliphatic rings. The van der Waals surface area contributed by atoms with Gasteiger partial charge in [0.25, 0.3) is 0 Å². The fraction of sp³-hybridized carbons (Fsp3) is 0.875. The van der Waals surface area contributed by atoms with E-state index in [1.807, 2.05) is 19.1 Å². The van der Waals surface area contributed by atoms with E-state index in [1.54, 1.807) is 0 Å². The van der Waals surface area contributed by atoms with Gasteiger partial charge in [0.2, 0.25) is 0 Å². The molecule has 13 nitrogen and oxygen atoms in total. The number of unbranched alkanes of at least 4 members (excludes halogenated alkanes) is 4. The first-order valence-corrected chi connectivity index (χ1v) is 25.5. The number of rotatable bonds is 11. The number of esters is 1. The number of carbonyl (C=O) groups is 1. The SMILES string of the molecule is C/C=C/CCCCCC[C@H](C[C@@H]1CCCCCCCCCCC[C@H]2C[C@@H](CCCCCCCCCCC/C=C/C(=O)O1)OS(=O)(=O)OS(=O)(=O)O2)OS(=O)(=O)O. The molecule has 0 amide bonds. The van der Waals surface area contributed by atoms with E-state index >= 15 is 0 Å². The average Bonchev–Trinajstić information content (AvgIpc) is 3.09. The van der Waals surface area contributed by atoms with E-state index < -0.39 is 61.6 Å². The van der Waals surface area contributed by atoms with Crippen molar-refractivity contribution in [2.45, 2.75) is 224 Å². The molecule has 0 unspecified atom stereocenters. The van der Waals surface area contributed by atoms with Crippen LogP contribution in [0.15, 0.2) is 24.3 Å². The topological polar surface area (TPSA) is 186 Å². The van der Waals surface area contributed by atoms with Crippen molar-refractivity contribution in [3.63, 3.8) is 0 Å². The predicted octanol–water partition coefficient (Wildman–Crippen LogP) is 10.2. The van der Waals surface area contributed by atoms with Crippen LogP contribution < -0.4 is 0 Å². The predicted molar refractivity (Wildman–Crippen MR) is 217 cm³/mol. The summed E-state index contributed by atoms with van der Waals surface area (Å²) in [4.78, 5) is 12.8. The molecule has 2 heterocycles. The third-order valence-corrected chi connectivity index (χ3v) is 13.2. The van der Waals surface area contributed by atoms with E-state index in [-0.39, 0.29) is 12.8 Å². The normalized spacial score (nSPS) is 26.9. The monoisotopic (exact) mass is 856 g/mol. The lowest BCUT2D eigenvalue weighted by atomic mass is 9.99. The van der Waals surface area contributed by atoms with Crippen molar-refractivity contribution in [3.8, 4) is 0 Å². The lowest BCUT2D eigenvalue weighted by Gasteiger charge is -2.25. The molecule has 0 aromatic heterocycles. The zero-order chi connectivity index (χ0) is 41.0. The minimum atomic E-state index is -4.74. The molecule has 1 saturated heterocycles. The summed E-state index contributed by atoms with van der Waals surface area (Å²) in [6.07, 6.45) is 29.9. The Morgan fingerprint density at radius 1 is 0.732 bits per heavy atom. The Labute approximate surface area is 339 Å². The Hall–Kier alpha value is -1.40. The third-order valence-electron chi connectivity index (χ3n) is 10.4. The second-order valence-electron chi connectivity index (χ2n) is 15.5. The summed E-state index contributed by atoms with van der Waals surface area (Å²) in [6.45, 7) is 1.99. The molecule has 1 fully saturated rings. The second kappa shape index (κ2) is 29.8. The summed E-state index contributed by atoms with van der Waals surface area (Å²) in [5.74, 6) is -0.450. The fourth-order valence-corrected chi connectivity index (χ4v) is 10.1. The lowest BCUT2D eigenvalue weighted by molar-refractivity contribution is -0.144. The maximum Gasteiger partial charge on any atom is 0.416 e. The number of hydrogen-bond acceptors (Lipinski definition) is 12. The zero-order valence-electron chi connectivity index (χ0n) is 33.9. The van der Waals surface area contributed by atoms with Crippen molar-refractivity contribution in [3.05, 3.63) is 24.3 Å². The van der Waals surface area contributed by atoms with Crippen LogP contribution in [-0.2, 0) is 56.9 Å². The Bertz CT molecular complexity index is 1430. The fourth-order valence-electron chi connectivity index (χ4n) is 7.46. The molecule has 0 aromatic carbocycles. The van der Waals surface area contributed by atoms with Crippen molar-refractivity contribution in [2.24, 2.45) is 0 Å². The maximum absolute atomic E-state index is 12.8. The molecule has 56 heavy (non-hydrogen) atoms. The van der Waals surface area contributed by atoms with Gasteiger partial charge in [0.05, 0.1) is 18.3 Å². The summed E-state index contributed by atoms with van der Waals surface area (Å²) in [5.41, 5.74) is 0. The van der Waals surface area contributed by atoms with Crippen LogP contribution in [0.25, 0.3) is 0 Å². The highest BCUT2D eigenvalue weighted by molar-refractivity contribution is 7.95. The van der Waals surface area contributed by atoms with Gasteiger partial charge in [-0.3, -0.25) is 4.55 Å². The molecule has 2 rings (SSSR count). The van der Waals surface area contributed by atoms with Crippen LogP contribution in [0.3, 0.4) is 0 Å². The largest absolute Gasteiger partial charge is 0.459 e. The maximum atomic E-state index is 12.8. The van der Waals surface area contributed by atoms with Crippen LogP contribution in [0.5, 0.6) is 0 Å². The molecule has 0 aliphatic carbocycles. The standard InChI is InChI=1S/C40H72O13S3/c1-2-3-4-5-14-20-25-30-37(50-54(42,43)44)34-36-29-24-19-15-11-9-12-17-22-27-32-39-35-38(51-55(45,46)53-56(47,48)52-39)31-26-21-16-10-7-6-8-13-18-23-28-33-40(41)49-36/h2-3,28,33,36-39H,4-27,29-32,34-35H2,1H3,(H,42,43,44)/b3-2+,33-28+/t36-,37+,38+,39-/m0/s1. The van der Waals surface area contributed by atoms with Gasteiger partial charge in [-0.25, -0.2) is 17.3 Å². The van der Waals surface area contributed by atoms with Crippen LogP contribution in [0, 0.1) is 0 Å². The Morgan fingerprint density at radius 3 is 1.73 bits per heavy atom. The van der Waals surface area contributed by atoms with E-state index in [0.29, 0.717) is 25.7 Å². The first kappa shape index (κ1) is 50.7. The number of fused-ring (bicyclic) bond motifs is 2. The van der Waals surface area contributed by atoms with Gasteiger partial charge in [0, 0.05) is 18.9 Å². The highest BCUT2D eigenvalue weighted by Crippen LogP contribution is 2.27. The first-order valence-electron chi connectivity index (χ1n) is 21.5. The van der Waals surface area contributed by atoms with Crippen LogP contribution in [0.1, 0.15) is 200 Å². The van der Waals surface area contributed by atoms with Gasteiger partial charge in [-0.1, -0.05) is 140 Å². The zero-order valence-corrected chi connectivity index (χ0v) is 36.4. The summed E-state index contributed by atoms with van der Waals surface area (Å²) >= 11 is 0. The smallest absolute Gasteiger partial charge is 0.416 e. The first-order chi connectivity index (χ1) is 26.8. The van der Waals surface area contributed by atoms with E-state index in [4.69, 9.17) is 17.3 Å². The highest BCUT2D eigenvalue weighted by Gasteiger charge is 2.35. The third kappa shape index (κ3) is 28.1. The summed E-state index contributed by atoms with van der Waals surface area (Å²) < 4.78 is 107. The Morgan fingerprint density at radius 2 is 1.21 bits per heavy atom. The molecule has 0 saturated carbocycles. The van der Waals surface area contributed by atoms with Crippen molar-refractivity contribution >= 4 is 37.2 Å². The molecule has 0 spiro atoms. The van der Waals surface area contributed by atoms with Crippen molar-refractivity contribution in [2.75, 3.05) is 0 Å². The van der Waals surface area contributed by atoms with E-state index in [9.17, 15) is 34.6 Å². The van der Waals surface area contributed by atoms with Gasteiger partial charge in [-0.05, 0) is 64.7 Å². The number of carbonyl (C=O) groups excluding carboxylic acids is 1. The molecular weight excluding hydrogens is 785 g/mol. The van der Waals surface area contributed by atoms with Gasteiger partial charge in [0.15, 0.2) is 0 Å².